The number of nitrogens with zero attached hydrogens (tertiary/aromatic N) is 1. The number of furan rings is 1. The van der Waals surface area contributed by atoms with Gasteiger partial charge in [0, 0.05) is 21.7 Å². The predicted octanol–water partition coefficient (Wildman–Crippen LogP) is 5.80. The molecule has 6 heteroatoms. The number of benzene rings is 2. The molecule has 0 bridgehead atoms. The summed E-state index contributed by atoms with van der Waals surface area (Å²) in [6.07, 6.45) is 5.80. The Kier molecular flexibility index (Phi) is 5.38. The highest BCUT2D eigenvalue weighted by atomic mass is 32.2. The van der Waals surface area contributed by atoms with Gasteiger partial charge in [-0.1, -0.05) is 18.2 Å². The van der Waals surface area contributed by atoms with Crippen molar-refractivity contribution in [1.82, 2.24) is 4.57 Å². The van der Waals surface area contributed by atoms with Crippen LogP contribution in [0.3, 0.4) is 0 Å². The van der Waals surface area contributed by atoms with E-state index in [4.69, 9.17) is 4.42 Å². The molecule has 1 N–H and O–H groups in total. The number of amides is 1. The van der Waals surface area contributed by atoms with Gasteiger partial charge in [-0.25, -0.2) is 0 Å². The third-order valence-corrected chi connectivity index (χ3v) is 6.64. The number of nitrogens with one attached hydrogen (secondary N) is 1. The van der Waals surface area contributed by atoms with Crippen LogP contribution in [0, 0.1) is 0 Å². The highest BCUT2D eigenvalue weighted by Crippen LogP contribution is 2.32. The molecule has 0 saturated heterocycles. The number of fused-ring (bicyclic) bond motifs is 3. The van der Waals surface area contributed by atoms with Gasteiger partial charge in [0.25, 0.3) is 5.91 Å². The van der Waals surface area contributed by atoms with E-state index in [2.05, 4.69) is 11.4 Å². The van der Waals surface area contributed by atoms with Crippen LogP contribution >= 0.6 is 11.8 Å². The van der Waals surface area contributed by atoms with Crippen LogP contribution in [0.4, 0.5) is 5.69 Å². The maximum Gasteiger partial charge on any atom is 0.291 e. The van der Waals surface area contributed by atoms with Gasteiger partial charge in [0.05, 0.1) is 17.5 Å². The first-order valence-corrected chi connectivity index (χ1v) is 11.4. The van der Waals surface area contributed by atoms with Crippen LogP contribution in [0.2, 0.25) is 0 Å². The van der Waals surface area contributed by atoms with E-state index in [1.165, 1.54) is 41.1 Å². The molecule has 0 saturated carbocycles. The molecule has 1 aliphatic carbocycles. The minimum absolute atomic E-state index is 0.111. The highest BCUT2D eigenvalue weighted by Gasteiger charge is 2.23. The molecule has 2 aromatic carbocycles. The first-order valence-electron chi connectivity index (χ1n) is 10.4. The van der Waals surface area contributed by atoms with E-state index in [9.17, 15) is 9.59 Å². The molecule has 5 nitrogen and oxygen atoms in total. The number of aromatic nitrogens is 1. The lowest BCUT2D eigenvalue weighted by Gasteiger charge is -2.15. The van der Waals surface area contributed by atoms with Crippen molar-refractivity contribution >= 4 is 40.2 Å². The Balaban J connectivity index is 1.29. The average molecular weight is 431 g/mol. The lowest BCUT2D eigenvalue weighted by molar-refractivity contribution is 0.0942. The Hall–Kier alpha value is -3.25. The number of rotatable bonds is 5. The van der Waals surface area contributed by atoms with E-state index in [-0.39, 0.29) is 17.6 Å². The second-order valence-corrected chi connectivity index (χ2v) is 8.67. The van der Waals surface area contributed by atoms with Gasteiger partial charge in [0.15, 0.2) is 5.76 Å². The van der Waals surface area contributed by atoms with Crippen LogP contribution in [0.1, 0.15) is 39.4 Å². The van der Waals surface area contributed by atoms with E-state index in [0.717, 1.165) is 29.7 Å². The van der Waals surface area contributed by atoms with E-state index >= 15 is 0 Å². The van der Waals surface area contributed by atoms with Crippen molar-refractivity contribution in [3.05, 3.63) is 83.9 Å². The molecule has 2 aromatic heterocycles. The number of para-hydroxylation sites is 1. The number of carbonyl (C=O) groups is 2. The van der Waals surface area contributed by atoms with Crippen molar-refractivity contribution in [2.75, 3.05) is 11.1 Å². The second kappa shape index (κ2) is 8.47. The summed E-state index contributed by atoms with van der Waals surface area (Å²) < 4.78 is 7.04. The maximum absolute atomic E-state index is 13.2. The Morgan fingerprint density at radius 1 is 0.968 bits per heavy atom. The zero-order valence-electron chi connectivity index (χ0n) is 17.0. The van der Waals surface area contributed by atoms with Crippen molar-refractivity contribution in [1.29, 1.82) is 0 Å². The standard InChI is InChI=1S/C25H22N2O3S/c28-24(27-21-8-3-1-6-19(21)20-7-2-4-9-22(20)27)16-31-18-13-11-17(12-14-18)26-25(29)23-10-5-15-30-23/h1,3,5-6,8,10-15H,2,4,7,9,16H2,(H,26,29). The molecule has 0 atom stereocenters. The molecule has 0 unspecified atom stereocenters. The first kappa shape index (κ1) is 19.7. The predicted molar refractivity (Wildman–Crippen MR) is 123 cm³/mol. The van der Waals surface area contributed by atoms with Crippen LogP contribution in [-0.4, -0.2) is 22.1 Å². The van der Waals surface area contributed by atoms with Crippen LogP contribution in [0.5, 0.6) is 0 Å². The lowest BCUT2D eigenvalue weighted by atomic mass is 9.96. The third kappa shape index (κ3) is 3.91. The number of anilines is 1. The van der Waals surface area contributed by atoms with Gasteiger partial charge in [0.2, 0.25) is 5.91 Å². The van der Waals surface area contributed by atoms with Gasteiger partial charge in [-0.05, 0) is 73.7 Å². The molecule has 31 heavy (non-hydrogen) atoms. The van der Waals surface area contributed by atoms with E-state index < -0.39 is 0 Å². The van der Waals surface area contributed by atoms with Crippen molar-refractivity contribution < 1.29 is 14.0 Å². The summed E-state index contributed by atoms with van der Waals surface area (Å²) in [6, 6.07) is 19.0. The fourth-order valence-corrected chi connectivity index (χ4v) is 4.97. The number of aryl methyl sites for hydroxylation is 1. The molecule has 0 aliphatic heterocycles. The van der Waals surface area contributed by atoms with Gasteiger partial charge < -0.3 is 9.73 Å². The van der Waals surface area contributed by atoms with Crippen LogP contribution in [0.25, 0.3) is 10.9 Å². The molecular formula is C25H22N2O3S. The van der Waals surface area contributed by atoms with E-state index in [0.29, 0.717) is 11.4 Å². The molecule has 4 aromatic rings. The normalized spacial score (nSPS) is 13.2. The number of thioether (sulfide) groups is 1. The maximum atomic E-state index is 13.2. The zero-order valence-corrected chi connectivity index (χ0v) is 17.8. The monoisotopic (exact) mass is 430 g/mol. The zero-order chi connectivity index (χ0) is 21.2. The fraction of sp³-hybridized carbons (Fsp3) is 0.200. The molecule has 1 amide bonds. The molecule has 2 heterocycles. The summed E-state index contributed by atoms with van der Waals surface area (Å²) in [4.78, 5) is 26.2. The van der Waals surface area contributed by atoms with Gasteiger partial charge in [-0.15, -0.1) is 11.8 Å². The molecule has 5 rings (SSSR count). The molecular weight excluding hydrogens is 408 g/mol. The van der Waals surface area contributed by atoms with Crippen molar-refractivity contribution in [3.63, 3.8) is 0 Å². The smallest absolute Gasteiger partial charge is 0.291 e. The fourth-order valence-electron chi connectivity index (χ4n) is 4.22. The number of carbonyl (C=O) groups excluding carboxylic acids is 2. The highest BCUT2D eigenvalue weighted by molar-refractivity contribution is 8.00. The van der Waals surface area contributed by atoms with Crippen LogP contribution in [-0.2, 0) is 12.8 Å². The second-order valence-electron chi connectivity index (χ2n) is 7.62. The van der Waals surface area contributed by atoms with Gasteiger partial charge in [-0.3, -0.25) is 14.2 Å². The minimum Gasteiger partial charge on any atom is -0.459 e. The van der Waals surface area contributed by atoms with Crippen molar-refractivity contribution in [3.8, 4) is 0 Å². The Bertz CT molecular complexity index is 1240. The van der Waals surface area contributed by atoms with Gasteiger partial charge in [0.1, 0.15) is 0 Å². The summed E-state index contributed by atoms with van der Waals surface area (Å²) in [5.74, 6) is 0.458. The molecule has 0 fully saturated rings. The largest absolute Gasteiger partial charge is 0.459 e. The van der Waals surface area contributed by atoms with Gasteiger partial charge >= 0.3 is 0 Å². The molecule has 1 aliphatic rings. The first-order chi connectivity index (χ1) is 15.2. The molecule has 156 valence electrons. The van der Waals surface area contributed by atoms with E-state index in [1.54, 1.807) is 12.1 Å². The van der Waals surface area contributed by atoms with E-state index in [1.807, 2.05) is 47.0 Å². The Morgan fingerprint density at radius 2 is 1.77 bits per heavy atom. The minimum atomic E-state index is -0.287. The lowest BCUT2D eigenvalue weighted by Crippen LogP contribution is -2.18. The summed E-state index contributed by atoms with van der Waals surface area (Å²) in [7, 11) is 0. The van der Waals surface area contributed by atoms with Gasteiger partial charge in [-0.2, -0.15) is 0 Å². The Labute approximate surface area is 184 Å². The summed E-state index contributed by atoms with van der Waals surface area (Å²) in [5.41, 5.74) is 4.24. The number of hydrogen-bond acceptors (Lipinski definition) is 4. The molecule has 0 radical (unpaired) electrons. The van der Waals surface area contributed by atoms with Crippen molar-refractivity contribution in [2.24, 2.45) is 0 Å². The molecule has 0 spiro atoms. The van der Waals surface area contributed by atoms with Crippen molar-refractivity contribution in [2.45, 2.75) is 30.6 Å². The quantitative estimate of drug-likeness (QED) is 0.407. The summed E-state index contributed by atoms with van der Waals surface area (Å²) in [6.45, 7) is 0. The summed E-state index contributed by atoms with van der Waals surface area (Å²) in [5, 5.41) is 4.02. The summed E-state index contributed by atoms with van der Waals surface area (Å²) >= 11 is 1.51. The van der Waals surface area contributed by atoms with Crippen LogP contribution in [0.15, 0.2) is 76.2 Å². The topological polar surface area (TPSA) is 64.2 Å². The number of hydrogen-bond donors (Lipinski definition) is 1. The van der Waals surface area contributed by atoms with Crippen LogP contribution < -0.4 is 5.32 Å². The SMILES string of the molecule is O=C(Nc1ccc(SCC(=O)n2c3c(c4ccccc42)CCCC3)cc1)c1ccco1. The third-order valence-electron chi connectivity index (χ3n) is 5.65. The Morgan fingerprint density at radius 3 is 2.58 bits per heavy atom. The average Bonchev–Trinajstić information content (AvgIpc) is 3.45.